The Kier molecular flexibility index (Phi) is 4.97. The van der Waals surface area contributed by atoms with Gasteiger partial charge in [0.25, 0.3) is 0 Å². The monoisotopic (exact) mass is 407 g/mol. The lowest BCUT2D eigenvalue weighted by molar-refractivity contribution is -0.274. The largest absolute Gasteiger partial charge is 0.573 e. The molecule has 0 unspecified atom stereocenters. The minimum atomic E-state index is -4.69. The maximum absolute atomic E-state index is 12.3. The van der Waals surface area contributed by atoms with Crippen LogP contribution in [-0.4, -0.2) is 6.36 Å². The zero-order chi connectivity index (χ0) is 15.5. The Morgan fingerprint density at radius 3 is 2.52 bits per heavy atom. The molecule has 2 aromatic rings. The van der Waals surface area contributed by atoms with Gasteiger partial charge in [0.1, 0.15) is 5.75 Å². The average molecular weight is 407 g/mol. The molecule has 0 aromatic heterocycles. The van der Waals surface area contributed by atoms with Gasteiger partial charge < -0.3 is 10.1 Å². The van der Waals surface area contributed by atoms with E-state index < -0.39 is 6.36 Å². The molecule has 0 spiro atoms. The molecule has 0 amide bonds. The summed E-state index contributed by atoms with van der Waals surface area (Å²) in [6.45, 7) is 2.25. The van der Waals surface area contributed by atoms with Gasteiger partial charge in [-0.05, 0) is 53.3 Å². The van der Waals surface area contributed by atoms with E-state index in [0.717, 1.165) is 14.8 Å². The lowest BCUT2D eigenvalue weighted by Gasteiger charge is -2.14. The maximum Gasteiger partial charge on any atom is 0.573 e. The SMILES string of the molecule is Cc1ccc(NCc2ccccc2OC(F)(F)F)cc1I. The van der Waals surface area contributed by atoms with Crippen molar-refractivity contribution < 1.29 is 17.9 Å². The first-order valence-electron chi connectivity index (χ1n) is 6.19. The highest BCUT2D eigenvalue weighted by molar-refractivity contribution is 14.1. The van der Waals surface area contributed by atoms with E-state index in [-0.39, 0.29) is 12.3 Å². The van der Waals surface area contributed by atoms with E-state index in [2.05, 4.69) is 32.6 Å². The summed E-state index contributed by atoms with van der Waals surface area (Å²) in [5, 5.41) is 3.10. The van der Waals surface area contributed by atoms with Gasteiger partial charge in [-0.2, -0.15) is 0 Å². The summed E-state index contributed by atoms with van der Waals surface area (Å²) in [6.07, 6.45) is -4.69. The van der Waals surface area contributed by atoms with Gasteiger partial charge in [0.05, 0.1) is 0 Å². The Bertz CT molecular complexity index is 629. The third kappa shape index (κ3) is 4.80. The van der Waals surface area contributed by atoms with E-state index in [1.807, 2.05) is 25.1 Å². The highest BCUT2D eigenvalue weighted by atomic mass is 127. The van der Waals surface area contributed by atoms with E-state index in [1.165, 1.54) is 12.1 Å². The number of nitrogens with one attached hydrogen (secondary N) is 1. The smallest absolute Gasteiger partial charge is 0.405 e. The van der Waals surface area contributed by atoms with Gasteiger partial charge >= 0.3 is 6.36 Å². The number of alkyl halides is 3. The summed E-state index contributed by atoms with van der Waals surface area (Å²) < 4.78 is 42.1. The first-order valence-corrected chi connectivity index (χ1v) is 7.27. The molecule has 0 saturated heterocycles. The van der Waals surface area contributed by atoms with Crippen molar-refractivity contribution in [3.8, 4) is 5.75 Å². The second-order valence-electron chi connectivity index (χ2n) is 4.47. The third-order valence-electron chi connectivity index (χ3n) is 2.85. The topological polar surface area (TPSA) is 21.3 Å². The van der Waals surface area contributed by atoms with Crippen LogP contribution in [0.4, 0.5) is 18.9 Å². The maximum atomic E-state index is 12.3. The summed E-state index contributed by atoms with van der Waals surface area (Å²) in [7, 11) is 0. The summed E-state index contributed by atoms with van der Waals surface area (Å²) >= 11 is 2.22. The van der Waals surface area contributed by atoms with Gasteiger partial charge in [-0.15, -0.1) is 13.2 Å². The minimum absolute atomic E-state index is 0.181. The molecule has 0 aliphatic carbocycles. The molecule has 112 valence electrons. The van der Waals surface area contributed by atoms with Crippen LogP contribution in [0.3, 0.4) is 0 Å². The van der Waals surface area contributed by atoms with Gasteiger partial charge in [0.15, 0.2) is 0 Å². The van der Waals surface area contributed by atoms with Crippen LogP contribution in [-0.2, 0) is 6.54 Å². The average Bonchev–Trinajstić information content (AvgIpc) is 2.40. The van der Waals surface area contributed by atoms with Crippen LogP contribution in [0, 0.1) is 10.5 Å². The molecule has 2 aromatic carbocycles. The number of anilines is 1. The summed E-state index contributed by atoms with van der Waals surface area (Å²) in [6, 6.07) is 11.9. The molecule has 0 aliphatic rings. The number of para-hydroxylation sites is 1. The zero-order valence-electron chi connectivity index (χ0n) is 11.2. The molecular weight excluding hydrogens is 394 g/mol. The van der Waals surface area contributed by atoms with Gasteiger partial charge in [-0.1, -0.05) is 24.3 Å². The molecule has 0 fully saturated rings. The van der Waals surface area contributed by atoms with Crippen LogP contribution in [0.25, 0.3) is 0 Å². The van der Waals surface area contributed by atoms with Gasteiger partial charge in [0.2, 0.25) is 0 Å². The molecule has 2 rings (SSSR count). The fourth-order valence-electron chi connectivity index (χ4n) is 1.77. The van der Waals surface area contributed by atoms with E-state index in [1.54, 1.807) is 12.1 Å². The van der Waals surface area contributed by atoms with Crippen molar-refractivity contribution in [2.75, 3.05) is 5.32 Å². The Hall–Kier alpha value is -1.44. The molecule has 2 nitrogen and oxygen atoms in total. The second-order valence-corrected chi connectivity index (χ2v) is 5.64. The predicted molar refractivity (Wildman–Crippen MR) is 84.3 cm³/mol. The second kappa shape index (κ2) is 6.55. The van der Waals surface area contributed by atoms with Gasteiger partial charge in [-0.3, -0.25) is 0 Å². The molecule has 0 atom stereocenters. The van der Waals surface area contributed by atoms with Crippen molar-refractivity contribution in [1.82, 2.24) is 0 Å². The number of hydrogen-bond acceptors (Lipinski definition) is 2. The van der Waals surface area contributed by atoms with Crippen LogP contribution in [0.1, 0.15) is 11.1 Å². The van der Waals surface area contributed by atoms with Crippen molar-refractivity contribution in [3.05, 3.63) is 57.2 Å². The number of rotatable bonds is 4. The predicted octanol–water partition coefficient (Wildman–Crippen LogP) is 5.11. The van der Waals surface area contributed by atoms with E-state index in [0.29, 0.717) is 5.56 Å². The highest BCUT2D eigenvalue weighted by Gasteiger charge is 2.31. The van der Waals surface area contributed by atoms with Crippen LogP contribution >= 0.6 is 22.6 Å². The number of ether oxygens (including phenoxy) is 1. The molecule has 21 heavy (non-hydrogen) atoms. The van der Waals surface area contributed by atoms with E-state index in [9.17, 15) is 13.2 Å². The lowest BCUT2D eigenvalue weighted by Crippen LogP contribution is -2.18. The molecule has 1 N–H and O–H groups in total. The van der Waals surface area contributed by atoms with Crippen molar-refractivity contribution >= 4 is 28.3 Å². The Labute approximate surface area is 134 Å². The zero-order valence-corrected chi connectivity index (χ0v) is 13.3. The fourth-order valence-corrected chi connectivity index (χ4v) is 2.29. The van der Waals surface area contributed by atoms with Gasteiger partial charge in [0, 0.05) is 21.4 Å². The fraction of sp³-hybridized carbons (Fsp3) is 0.200. The Morgan fingerprint density at radius 1 is 1.14 bits per heavy atom. The lowest BCUT2D eigenvalue weighted by atomic mass is 10.2. The Balaban J connectivity index is 2.11. The summed E-state index contributed by atoms with van der Waals surface area (Å²) in [4.78, 5) is 0. The van der Waals surface area contributed by atoms with Gasteiger partial charge in [-0.25, -0.2) is 0 Å². The van der Waals surface area contributed by atoms with Crippen LogP contribution in [0.5, 0.6) is 5.75 Å². The Morgan fingerprint density at radius 2 is 1.86 bits per heavy atom. The quantitative estimate of drug-likeness (QED) is 0.712. The van der Waals surface area contributed by atoms with Crippen LogP contribution in [0.15, 0.2) is 42.5 Å². The van der Waals surface area contributed by atoms with Crippen molar-refractivity contribution in [3.63, 3.8) is 0 Å². The highest BCUT2D eigenvalue weighted by Crippen LogP contribution is 2.27. The summed E-state index contributed by atoms with van der Waals surface area (Å²) in [5.74, 6) is -0.181. The molecule has 0 radical (unpaired) electrons. The standard InChI is InChI=1S/C15H13F3INO/c1-10-6-7-12(8-13(10)19)20-9-11-4-2-3-5-14(11)21-15(16,17)18/h2-8,20H,9H2,1H3. The molecule has 0 saturated carbocycles. The minimum Gasteiger partial charge on any atom is -0.405 e. The molecule has 0 bridgehead atoms. The van der Waals surface area contributed by atoms with Crippen molar-refractivity contribution in [1.29, 1.82) is 0 Å². The number of benzene rings is 2. The van der Waals surface area contributed by atoms with E-state index in [4.69, 9.17) is 0 Å². The molecule has 0 aliphatic heterocycles. The third-order valence-corrected chi connectivity index (χ3v) is 4.02. The number of hydrogen-bond donors (Lipinski definition) is 1. The van der Waals surface area contributed by atoms with Crippen LogP contribution in [0.2, 0.25) is 0 Å². The summed E-state index contributed by atoms with van der Waals surface area (Å²) in [5.41, 5.74) is 2.46. The first kappa shape index (κ1) is 15.9. The van der Waals surface area contributed by atoms with Crippen molar-refractivity contribution in [2.24, 2.45) is 0 Å². The van der Waals surface area contributed by atoms with Crippen LogP contribution < -0.4 is 10.1 Å². The first-order chi connectivity index (χ1) is 9.85. The van der Waals surface area contributed by atoms with E-state index >= 15 is 0 Å². The number of halogens is 4. The van der Waals surface area contributed by atoms with Crippen molar-refractivity contribution in [2.45, 2.75) is 19.8 Å². The molecular formula is C15H13F3INO. The molecule has 6 heteroatoms. The normalized spacial score (nSPS) is 11.3. The molecule has 0 heterocycles. The number of aryl methyl sites for hydroxylation is 1.